The molecule has 0 aromatic rings. The van der Waals surface area contributed by atoms with Crippen molar-refractivity contribution in [3.63, 3.8) is 0 Å². The van der Waals surface area contributed by atoms with E-state index >= 15 is 0 Å². The number of carbonyl (C=O) groups excluding carboxylic acids is 1. The monoisotopic (exact) mass is 256 g/mol. The van der Waals surface area contributed by atoms with Gasteiger partial charge >= 0.3 is 6.03 Å². The Labute approximate surface area is 111 Å². The number of carbonyl (C=O) groups is 1. The Bertz CT molecular complexity index is 273. The van der Waals surface area contributed by atoms with Crippen molar-refractivity contribution in [2.75, 3.05) is 19.7 Å². The summed E-state index contributed by atoms with van der Waals surface area (Å²) < 4.78 is 0. The van der Waals surface area contributed by atoms with Gasteiger partial charge in [-0.1, -0.05) is 20.8 Å². The molecule has 1 saturated carbocycles. The number of nitrogens with one attached hydrogen (secondary N) is 2. The van der Waals surface area contributed by atoms with Crippen LogP contribution in [-0.4, -0.2) is 30.8 Å². The van der Waals surface area contributed by atoms with Crippen LogP contribution in [0.5, 0.6) is 0 Å². The molecule has 0 unspecified atom stereocenters. The van der Waals surface area contributed by atoms with E-state index in [1.165, 1.54) is 12.8 Å². The van der Waals surface area contributed by atoms with Gasteiger partial charge in [-0.3, -0.25) is 0 Å². The molecule has 0 atom stereocenters. The number of rotatable bonds is 8. The highest BCUT2D eigenvalue weighted by Crippen LogP contribution is 2.47. The van der Waals surface area contributed by atoms with Gasteiger partial charge in [0.05, 0.1) is 0 Å². The first-order chi connectivity index (χ1) is 8.43. The first-order valence-electron chi connectivity index (χ1n) is 7.06. The van der Waals surface area contributed by atoms with Crippen molar-refractivity contribution >= 4 is 6.03 Å². The minimum absolute atomic E-state index is 0.0432. The molecule has 1 aliphatic carbocycles. The molecule has 0 spiro atoms. The zero-order valence-corrected chi connectivity index (χ0v) is 12.0. The number of amides is 2. The molecule has 4 nitrogen and oxygen atoms in total. The average Bonchev–Trinajstić information content (AvgIpc) is 3.13. The highest BCUT2D eigenvalue weighted by atomic mass is 16.3. The SMILES string of the molecule is CCC1(CNC(=O)NCCCC(C)(C)CO)CC1. The van der Waals surface area contributed by atoms with Crippen LogP contribution in [0.2, 0.25) is 0 Å². The third-order valence-corrected chi connectivity index (χ3v) is 4.07. The number of hydrogen-bond donors (Lipinski definition) is 3. The summed E-state index contributed by atoms with van der Waals surface area (Å²) in [6, 6.07) is -0.0588. The summed E-state index contributed by atoms with van der Waals surface area (Å²) in [6.45, 7) is 7.92. The van der Waals surface area contributed by atoms with Crippen molar-refractivity contribution in [2.45, 2.75) is 52.9 Å². The summed E-state index contributed by atoms with van der Waals surface area (Å²) in [7, 11) is 0. The molecule has 18 heavy (non-hydrogen) atoms. The lowest BCUT2D eigenvalue weighted by Crippen LogP contribution is -2.39. The van der Waals surface area contributed by atoms with E-state index in [0.29, 0.717) is 12.0 Å². The summed E-state index contributed by atoms with van der Waals surface area (Å²) >= 11 is 0. The Balaban J connectivity index is 2.04. The second-order valence-corrected chi connectivity index (χ2v) is 6.39. The highest BCUT2D eigenvalue weighted by Gasteiger charge is 2.40. The lowest BCUT2D eigenvalue weighted by atomic mass is 9.89. The molecule has 106 valence electrons. The van der Waals surface area contributed by atoms with E-state index in [9.17, 15) is 4.79 Å². The Morgan fingerprint density at radius 1 is 1.33 bits per heavy atom. The largest absolute Gasteiger partial charge is 0.396 e. The minimum atomic E-state index is -0.0588. The van der Waals surface area contributed by atoms with Gasteiger partial charge in [0.1, 0.15) is 0 Å². The van der Waals surface area contributed by atoms with E-state index in [1.807, 2.05) is 13.8 Å². The summed E-state index contributed by atoms with van der Waals surface area (Å²) in [4.78, 5) is 11.6. The normalized spacial score (nSPS) is 17.3. The molecular weight excluding hydrogens is 228 g/mol. The van der Waals surface area contributed by atoms with E-state index < -0.39 is 0 Å². The molecule has 0 bridgehead atoms. The van der Waals surface area contributed by atoms with E-state index in [-0.39, 0.29) is 18.1 Å². The van der Waals surface area contributed by atoms with Crippen LogP contribution in [0.1, 0.15) is 52.9 Å². The van der Waals surface area contributed by atoms with Gasteiger partial charge in [0.15, 0.2) is 0 Å². The Hall–Kier alpha value is -0.770. The molecule has 2 amide bonds. The Morgan fingerprint density at radius 3 is 2.50 bits per heavy atom. The van der Waals surface area contributed by atoms with Crippen molar-refractivity contribution < 1.29 is 9.90 Å². The van der Waals surface area contributed by atoms with Gasteiger partial charge in [-0.25, -0.2) is 4.79 Å². The van der Waals surface area contributed by atoms with E-state index in [1.54, 1.807) is 0 Å². The summed E-state index contributed by atoms with van der Waals surface area (Å²) in [5.74, 6) is 0. The molecular formula is C14H28N2O2. The number of urea groups is 1. The lowest BCUT2D eigenvalue weighted by Gasteiger charge is -2.21. The first-order valence-corrected chi connectivity index (χ1v) is 7.06. The van der Waals surface area contributed by atoms with Crippen LogP contribution in [0, 0.1) is 10.8 Å². The molecule has 4 heteroatoms. The van der Waals surface area contributed by atoms with Gasteiger partial charge in [-0.2, -0.15) is 0 Å². The quantitative estimate of drug-likeness (QED) is 0.583. The van der Waals surface area contributed by atoms with Crippen LogP contribution >= 0.6 is 0 Å². The molecule has 0 aromatic heterocycles. The number of hydrogen-bond acceptors (Lipinski definition) is 2. The molecule has 1 aliphatic rings. The molecule has 0 aromatic carbocycles. The molecule has 0 heterocycles. The van der Waals surface area contributed by atoms with Crippen molar-refractivity contribution in [1.29, 1.82) is 0 Å². The average molecular weight is 256 g/mol. The van der Waals surface area contributed by atoms with Crippen LogP contribution < -0.4 is 10.6 Å². The van der Waals surface area contributed by atoms with Crippen molar-refractivity contribution in [3.8, 4) is 0 Å². The van der Waals surface area contributed by atoms with Gasteiger partial charge in [0, 0.05) is 19.7 Å². The van der Waals surface area contributed by atoms with E-state index in [2.05, 4.69) is 17.6 Å². The van der Waals surface area contributed by atoms with Gasteiger partial charge in [-0.05, 0) is 42.9 Å². The molecule has 1 rings (SSSR count). The standard InChI is InChI=1S/C14H28N2O2/c1-4-14(7-8-14)10-16-12(18)15-9-5-6-13(2,3)11-17/h17H,4-11H2,1-3H3,(H2,15,16,18). The molecule has 0 aliphatic heterocycles. The van der Waals surface area contributed by atoms with Crippen molar-refractivity contribution in [1.82, 2.24) is 10.6 Å². The van der Waals surface area contributed by atoms with Crippen LogP contribution in [0.25, 0.3) is 0 Å². The highest BCUT2D eigenvalue weighted by molar-refractivity contribution is 5.73. The maximum Gasteiger partial charge on any atom is 0.314 e. The lowest BCUT2D eigenvalue weighted by molar-refractivity contribution is 0.148. The summed E-state index contributed by atoms with van der Waals surface area (Å²) in [6.07, 6.45) is 5.46. The van der Waals surface area contributed by atoms with Gasteiger partial charge < -0.3 is 15.7 Å². The Morgan fingerprint density at radius 2 is 2.00 bits per heavy atom. The van der Waals surface area contributed by atoms with Crippen molar-refractivity contribution in [3.05, 3.63) is 0 Å². The van der Waals surface area contributed by atoms with Crippen LogP contribution in [0.4, 0.5) is 4.79 Å². The first kappa shape index (κ1) is 15.3. The van der Waals surface area contributed by atoms with Gasteiger partial charge in [-0.15, -0.1) is 0 Å². The predicted octanol–water partition coefficient (Wildman–Crippen LogP) is 2.27. The summed E-state index contributed by atoms with van der Waals surface area (Å²) in [5, 5.41) is 14.9. The molecule has 0 radical (unpaired) electrons. The number of aliphatic hydroxyl groups is 1. The fraction of sp³-hybridized carbons (Fsp3) is 0.929. The smallest absolute Gasteiger partial charge is 0.314 e. The van der Waals surface area contributed by atoms with Crippen LogP contribution in [0.3, 0.4) is 0 Å². The maximum absolute atomic E-state index is 11.6. The fourth-order valence-corrected chi connectivity index (χ4v) is 2.01. The predicted molar refractivity (Wildman–Crippen MR) is 73.5 cm³/mol. The van der Waals surface area contributed by atoms with Gasteiger partial charge in [0.2, 0.25) is 0 Å². The number of aliphatic hydroxyl groups excluding tert-OH is 1. The molecule has 0 saturated heterocycles. The van der Waals surface area contributed by atoms with Crippen LogP contribution in [-0.2, 0) is 0 Å². The summed E-state index contributed by atoms with van der Waals surface area (Å²) in [5.41, 5.74) is 0.356. The third kappa shape index (κ3) is 5.25. The maximum atomic E-state index is 11.6. The second kappa shape index (κ2) is 6.41. The van der Waals surface area contributed by atoms with E-state index in [4.69, 9.17) is 5.11 Å². The topological polar surface area (TPSA) is 61.4 Å². The van der Waals surface area contributed by atoms with E-state index in [0.717, 1.165) is 25.8 Å². The molecule has 1 fully saturated rings. The zero-order chi connectivity index (χ0) is 13.6. The fourth-order valence-electron chi connectivity index (χ4n) is 2.01. The Kier molecular flexibility index (Phi) is 5.45. The van der Waals surface area contributed by atoms with Gasteiger partial charge in [0.25, 0.3) is 0 Å². The second-order valence-electron chi connectivity index (χ2n) is 6.39. The molecule has 3 N–H and O–H groups in total. The minimum Gasteiger partial charge on any atom is -0.396 e. The third-order valence-electron chi connectivity index (χ3n) is 4.07. The zero-order valence-electron chi connectivity index (χ0n) is 12.0. The van der Waals surface area contributed by atoms with Crippen molar-refractivity contribution in [2.24, 2.45) is 10.8 Å². The van der Waals surface area contributed by atoms with Crippen LogP contribution in [0.15, 0.2) is 0 Å².